The van der Waals surface area contributed by atoms with E-state index in [1.54, 1.807) is 0 Å². The molecule has 0 aliphatic carbocycles. The molecule has 0 saturated heterocycles. The summed E-state index contributed by atoms with van der Waals surface area (Å²) in [6.07, 6.45) is 1.83. The molecule has 0 spiro atoms. The van der Waals surface area contributed by atoms with Crippen molar-refractivity contribution < 1.29 is 0 Å². The molecule has 0 fully saturated rings. The molecule has 42 heavy (non-hydrogen) atoms. The minimum absolute atomic E-state index is 0.645. The zero-order valence-corrected chi connectivity index (χ0v) is 22.6. The number of hydrogen-bond acceptors (Lipinski definition) is 2. The molecule has 0 aliphatic rings. The second kappa shape index (κ2) is 9.66. The predicted molar refractivity (Wildman–Crippen MR) is 175 cm³/mol. The van der Waals surface area contributed by atoms with E-state index in [0.717, 1.165) is 55.3 Å². The Hall–Kier alpha value is -5.85. The van der Waals surface area contributed by atoms with Crippen molar-refractivity contribution in [3.63, 3.8) is 0 Å². The summed E-state index contributed by atoms with van der Waals surface area (Å²) in [5.41, 5.74) is 8.99. The van der Waals surface area contributed by atoms with Gasteiger partial charge in [0, 0.05) is 22.5 Å². The van der Waals surface area contributed by atoms with Crippen molar-refractivity contribution in [3.05, 3.63) is 151 Å². The van der Waals surface area contributed by atoms with Crippen molar-refractivity contribution in [2.24, 2.45) is 0 Å². The number of fused-ring (bicyclic) bond motifs is 5. The number of nitrogens with zero attached hydrogens (tertiary/aromatic N) is 3. The van der Waals surface area contributed by atoms with Gasteiger partial charge in [0.15, 0.2) is 5.69 Å². The fourth-order valence-corrected chi connectivity index (χ4v) is 5.97. The van der Waals surface area contributed by atoms with Crippen LogP contribution in [0, 0.1) is 6.57 Å². The minimum atomic E-state index is 0.645. The van der Waals surface area contributed by atoms with Gasteiger partial charge >= 0.3 is 0 Å². The second-order valence-corrected chi connectivity index (χ2v) is 10.6. The zero-order chi connectivity index (χ0) is 28.0. The summed E-state index contributed by atoms with van der Waals surface area (Å²) in [6, 6.07) is 46.5. The van der Waals surface area contributed by atoms with Gasteiger partial charge in [-0.25, -0.2) is 9.83 Å². The molecule has 0 aliphatic heterocycles. The van der Waals surface area contributed by atoms with Gasteiger partial charge in [-0.3, -0.25) is 4.98 Å². The maximum Gasteiger partial charge on any atom is 0.187 e. The van der Waals surface area contributed by atoms with E-state index in [1.807, 2.05) is 36.5 Å². The van der Waals surface area contributed by atoms with Gasteiger partial charge in [0.1, 0.15) is 0 Å². The average Bonchev–Trinajstić information content (AvgIpc) is 3.07. The van der Waals surface area contributed by atoms with Gasteiger partial charge in [-0.05, 0) is 74.1 Å². The van der Waals surface area contributed by atoms with Crippen LogP contribution in [0.3, 0.4) is 0 Å². The van der Waals surface area contributed by atoms with Crippen LogP contribution in [-0.4, -0.2) is 9.97 Å². The van der Waals surface area contributed by atoms with Crippen molar-refractivity contribution >= 4 is 49.0 Å². The van der Waals surface area contributed by atoms with Crippen LogP contribution in [0.25, 0.3) is 81.7 Å². The highest BCUT2D eigenvalue weighted by molar-refractivity contribution is 6.05. The molecule has 3 heteroatoms. The Morgan fingerprint density at radius 2 is 1.14 bits per heavy atom. The molecular formula is C39H23N3. The Bertz CT molecular complexity index is 2360. The monoisotopic (exact) mass is 533 g/mol. The van der Waals surface area contributed by atoms with Gasteiger partial charge in [0.25, 0.3) is 0 Å². The summed E-state index contributed by atoms with van der Waals surface area (Å²) in [4.78, 5) is 13.5. The van der Waals surface area contributed by atoms with Gasteiger partial charge in [0.05, 0.1) is 23.3 Å². The molecule has 0 unspecified atom stereocenters. The molecule has 0 atom stereocenters. The van der Waals surface area contributed by atoms with Crippen LogP contribution in [-0.2, 0) is 0 Å². The number of hydrogen-bond donors (Lipinski definition) is 0. The largest absolute Gasteiger partial charge is 0.254 e. The lowest BCUT2D eigenvalue weighted by Crippen LogP contribution is -1.92. The molecule has 8 aromatic rings. The summed E-state index contributed by atoms with van der Waals surface area (Å²) in [5, 5.41) is 6.87. The van der Waals surface area contributed by atoms with E-state index in [0.29, 0.717) is 5.69 Å². The Balaban J connectivity index is 1.37. The van der Waals surface area contributed by atoms with Crippen LogP contribution in [0.5, 0.6) is 0 Å². The SMILES string of the molecule is [C-]#[N+]c1ccc(-c2cccc3ccc(-c4cc5ccccc5cc4-c4ccc5ccc6cccnc6c5n4)cc23)cc1. The average molecular weight is 534 g/mol. The van der Waals surface area contributed by atoms with E-state index in [1.165, 1.54) is 21.5 Å². The highest BCUT2D eigenvalue weighted by Gasteiger charge is 2.14. The van der Waals surface area contributed by atoms with E-state index in [2.05, 4.69) is 113 Å². The summed E-state index contributed by atoms with van der Waals surface area (Å²) >= 11 is 0. The van der Waals surface area contributed by atoms with E-state index >= 15 is 0 Å². The van der Waals surface area contributed by atoms with Gasteiger partial charge in [-0.1, -0.05) is 103 Å². The highest BCUT2D eigenvalue weighted by atomic mass is 14.8. The van der Waals surface area contributed by atoms with Crippen LogP contribution in [0.2, 0.25) is 0 Å². The number of benzene rings is 6. The molecule has 2 heterocycles. The first kappa shape index (κ1) is 24.0. The molecule has 0 amide bonds. The molecule has 0 bridgehead atoms. The Labute approximate surface area is 243 Å². The molecule has 0 N–H and O–H groups in total. The second-order valence-electron chi connectivity index (χ2n) is 10.6. The fraction of sp³-hybridized carbons (Fsp3) is 0. The molecule has 6 aromatic carbocycles. The highest BCUT2D eigenvalue weighted by Crippen LogP contribution is 2.39. The van der Waals surface area contributed by atoms with E-state index in [-0.39, 0.29) is 0 Å². The molecule has 3 nitrogen and oxygen atoms in total. The van der Waals surface area contributed by atoms with Gasteiger partial charge in [0.2, 0.25) is 0 Å². The molecule has 8 rings (SSSR count). The summed E-state index contributed by atoms with van der Waals surface area (Å²) < 4.78 is 0. The topological polar surface area (TPSA) is 30.1 Å². The molecule has 0 radical (unpaired) electrons. The van der Waals surface area contributed by atoms with Crippen LogP contribution < -0.4 is 0 Å². The van der Waals surface area contributed by atoms with Crippen molar-refractivity contribution in [3.8, 4) is 33.5 Å². The van der Waals surface area contributed by atoms with Crippen molar-refractivity contribution in [1.82, 2.24) is 9.97 Å². The van der Waals surface area contributed by atoms with Crippen molar-refractivity contribution in [1.29, 1.82) is 0 Å². The van der Waals surface area contributed by atoms with E-state index in [9.17, 15) is 0 Å². The van der Waals surface area contributed by atoms with Crippen molar-refractivity contribution in [2.45, 2.75) is 0 Å². The molecule has 2 aromatic heterocycles. The lowest BCUT2D eigenvalue weighted by molar-refractivity contribution is 1.37. The van der Waals surface area contributed by atoms with Crippen LogP contribution in [0.15, 0.2) is 140 Å². The smallest absolute Gasteiger partial charge is 0.187 e. The first-order valence-corrected chi connectivity index (χ1v) is 13.9. The Morgan fingerprint density at radius 1 is 0.476 bits per heavy atom. The van der Waals surface area contributed by atoms with Crippen molar-refractivity contribution in [2.75, 3.05) is 0 Å². The molecular weight excluding hydrogens is 510 g/mol. The maximum atomic E-state index is 7.32. The molecule has 0 saturated carbocycles. The van der Waals surface area contributed by atoms with Crippen LogP contribution in [0.4, 0.5) is 5.69 Å². The number of pyridine rings is 2. The van der Waals surface area contributed by atoms with E-state index < -0.39 is 0 Å². The third-order valence-electron chi connectivity index (χ3n) is 8.09. The Morgan fingerprint density at radius 3 is 1.95 bits per heavy atom. The standard InChI is InChI=1S/C39H23N3/c1-40-32-18-15-26(16-19-32)33-10-4-8-25-11-14-31(24-34(25)33)35-22-29-6-2-3-7-30(29)23-36(35)37-20-17-28-13-12-27-9-5-21-41-38(27)39(28)42-37/h2-24H. The lowest BCUT2D eigenvalue weighted by atomic mass is 9.90. The maximum absolute atomic E-state index is 7.32. The summed E-state index contributed by atoms with van der Waals surface area (Å²) in [6.45, 7) is 7.32. The Kier molecular flexibility index (Phi) is 5.52. The zero-order valence-electron chi connectivity index (χ0n) is 22.6. The summed E-state index contributed by atoms with van der Waals surface area (Å²) in [7, 11) is 0. The third kappa shape index (κ3) is 3.98. The molecule has 194 valence electrons. The van der Waals surface area contributed by atoms with E-state index in [4.69, 9.17) is 11.6 Å². The quantitative estimate of drug-likeness (QED) is 0.167. The number of rotatable bonds is 3. The van der Waals surface area contributed by atoms with Crippen LogP contribution >= 0.6 is 0 Å². The third-order valence-corrected chi connectivity index (χ3v) is 8.09. The van der Waals surface area contributed by atoms with Crippen LogP contribution in [0.1, 0.15) is 0 Å². The predicted octanol–water partition coefficient (Wildman–Crippen LogP) is 10.6. The first-order chi connectivity index (χ1) is 20.7. The van der Waals surface area contributed by atoms with Gasteiger partial charge in [-0.15, -0.1) is 0 Å². The fourth-order valence-electron chi connectivity index (χ4n) is 5.97. The summed E-state index contributed by atoms with van der Waals surface area (Å²) in [5.74, 6) is 0. The first-order valence-electron chi connectivity index (χ1n) is 13.9. The van der Waals surface area contributed by atoms with Gasteiger partial charge in [-0.2, -0.15) is 0 Å². The number of aromatic nitrogens is 2. The minimum Gasteiger partial charge on any atom is -0.254 e. The normalized spacial score (nSPS) is 11.3. The lowest BCUT2D eigenvalue weighted by Gasteiger charge is -2.15. The van der Waals surface area contributed by atoms with Gasteiger partial charge < -0.3 is 0 Å².